The average molecular weight is 447 g/mol. The number of aromatic amines is 1. The van der Waals surface area contributed by atoms with Gasteiger partial charge in [0.1, 0.15) is 10.8 Å². The van der Waals surface area contributed by atoms with Crippen LogP contribution in [-0.2, 0) is 6.18 Å². The van der Waals surface area contributed by atoms with E-state index in [1.807, 2.05) is 0 Å². The number of aromatic nitrogens is 2. The number of nitrogens with one attached hydrogen (secondary N) is 1. The number of rotatable bonds is 4. The van der Waals surface area contributed by atoms with Crippen molar-refractivity contribution in [1.29, 1.82) is 0 Å². The number of H-pyrrole nitrogens is 1. The normalized spacial score (nSPS) is 16.0. The largest absolute Gasteiger partial charge is 0.416 e. The highest BCUT2D eigenvalue weighted by molar-refractivity contribution is 6.33. The third-order valence-corrected chi connectivity index (χ3v) is 5.33. The van der Waals surface area contributed by atoms with E-state index in [1.165, 1.54) is 13.1 Å². The molecule has 2 heterocycles. The van der Waals surface area contributed by atoms with E-state index in [0.717, 1.165) is 17.1 Å². The molecule has 1 unspecified atom stereocenters. The van der Waals surface area contributed by atoms with Gasteiger partial charge in [0, 0.05) is 18.7 Å². The maximum atomic E-state index is 13.7. The first-order valence-corrected chi connectivity index (χ1v) is 9.24. The van der Waals surface area contributed by atoms with Crippen LogP contribution in [0.4, 0.5) is 23.2 Å². The molecular formula is C18H19ClF4N6O. The Morgan fingerprint density at radius 3 is 2.70 bits per heavy atom. The van der Waals surface area contributed by atoms with Crippen molar-refractivity contribution in [2.24, 2.45) is 11.6 Å². The van der Waals surface area contributed by atoms with Crippen LogP contribution in [0.5, 0.6) is 0 Å². The summed E-state index contributed by atoms with van der Waals surface area (Å²) in [6.45, 7) is 1.92. The Labute approximate surface area is 173 Å². The predicted molar refractivity (Wildman–Crippen MR) is 104 cm³/mol. The van der Waals surface area contributed by atoms with E-state index < -0.39 is 29.2 Å². The quantitative estimate of drug-likeness (QED) is 0.379. The SMILES string of the molecule is CC(c1cc(F)ccc1C(F)(F)F)N(N)C1=C(N)CN(c2cn[nH]c(=O)c2Cl)CC1. The van der Waals surface area contributed by atoms with Crippen LogP contribution >= 0.6 is 11.6 Å². The lowest BCUT2D eigenvalue weighted by Gasteiger charge is -2.37. The Hall–Kier alpha value is -2.79. The fraction of sp³-hybridized carbons (Fsp3) is 0.333. The van der Waals surface area contributed by atoms with Gasteiger partial charge in [0.2, 0.25) is 0 Å². The number of alkyl halides is 3. The lowest BCUT2D eigenvalue weighted by Crippen LogP contribution is -2.43. The van der Waals surface area contributed by atoms with Crippen LogP contribution in [0, 0.1) is 5.82 Å². The molecule has 1 aliphatic heterocycles. The summed E-state index contributed by atoms with van der Waals surface area (Å²) in [6, 6.07) is 1.27. The van der Waals surface area contributed by atoms with E-state index in [-0.39, 0.29) is 29.2 Å². The first kappa shape index (κ1) is 21.9. The minimum atomic E-state index is -4.66. The van der Waals surface area contributed by atoms with Crippen molar-refractivity contribution in [2.75, 3.05) is 18.0 Å². The van der Waals surface area contributed by atoms with E-state index in [0.29, 0.717) is 24.0 Å². The number of hydrogen-bond donors (Lipinski definition) is 3. The summed E-state index contributed by atoms with van der Waals surface area (Å²) in [5, 5.41) is 7.00. The van der Waals surface area contributed by atoms with Crippen LogP contribution in [0.15, 0.2) is 40.6 Å². The highest BCUT2D eigenvalue weighted by Crippen LogP contribution is 2.37. The first-order chi connectivity index (χ1) is 14.0. The molecule has 0 spiro atoms. The predicted octanol–water partition coefficient (Wildman–Crippen LogP) is 2.90. The number of hydrogen-bond acceptors (Lipinski definition) is 6. The zero-order valence-electron chi connectivity index (χ0n) is 15.8. The zero-order chi connectivity index (χ0) is 22.2. The fourth-order valence-corrected chi connectivity index (χ4v) is 3.60. The molecule has 3 rings (SSSR count). The molecular weight excluding hydrogens is 428 g/mol. The Bertz CT molecular complexity index is 1040. The molecule has 1 aromatic heterocycles. The highest BCUT2D eigenvalue weighted by Gasteiger charge is 2.36. The minimum absolute atomic E-state index is 0.0474. The summed E-state index contributed by atoms with van der Waals surface area (Å²) in [5.41, 5.74) is 5.41. The van der Waals surface area contributed by atoms with Crippen molar-refractivity contribution in [3.8, 4) is 0 Å². The second kappa shape index (κ2) is 8.15. The highest BCUT2D eigenvalue weighted by atomic mass is 35.5. The van der Waals surface area contributed by atoms with Crippen molar-refractivity contribution in [3.63, 3.8) is 0 Å². The van der Waals surface area contributed by atoms with Crippen molar-refractivity contribution in [2.45, 2.75) is 25.6 Å². The summed E-state index contributed by atoms with van der Waals surface area (Å²) in [7, 11) is 0. The van der Waals surface area contributed by atoms with Gasteiger partial charge in [-0.3, -0.25) is 4.79 Å². The second-order valence-electron chi connectivity index (χ2n) is 6.85. The van der Waals surface area contributed by atoms with Gasteiger partial charge < -0.3 is 15.6 Å². The van der Waals surface area contributed by atoms with Gasteiger partial charge in [0.15, 0.2) is 0 Å². The molecule has 0 radical (unpaired) electrons. The molecule has 0 aliphatic carbocycles. The van der Waals surface area contributed by atoms with Gasteiger partial charge in [-0.2, -0.15) is 18.3 Å². The average Bonchev–Trinajstić information content (AvgIpc) is 2.68. The lowest BCUT2D eigenvalue weighted by molar-refractivity contribution is -0.138. The van der Waals surface area contributed by atoms with E-state index in [4.69, 9.17) is 23.2 Å². The van der Waals surface area contributed by atoms with Gasteiger partial charge in [-0.05, 0) is 30.7 Å². The molecule has 30 heavy (non-hydrogen) atoms. The molecule has 1 aromatic carbocycles. The van der Waals surface area contributed by atoms with Crippen molar-refractivity contribution in [3.05, 3.63) is 68.1 Å². The fourth-order valence-electron chi connectivity index (χ4n) is 3.39. The van der Waals surface area contributed by atoms with Crippen LogP contribution in [0.2, 0.25) is 5.02 Å². The Balaban J connectivity index is 1.89. The van der Waals surface area contributed by atoms with Crippen molar-refractivity contribution >= 4 is 17.3 Å². The molecule has 7 nitrogen and oxygen atoms in total. The van der Waals surface area contributed by atoms with Crippen LogP contribution in [-0.4, -0.2) is 28.3 Å². The maximum absolute atomic E-state index is 13.7. The first-order valence-electron chi connectivity index (χ1n) is 8.87. The van der Waals surface area contributed by atoms with Gasteiger partial charge in [0.25, 0.3) is 5.56 Å². The molecule has 162 valence electrons. The van der Waals surface area contributed by atoms with Crippen molar-refractivity contribution < 1.29 is 17.6 Å². The van der Waals surface area contributed by atoms with Crippen LogP contribution in [0.1, 0.15) is 30.5 Å². The smallest absolute Gasteiger partial charge is 0.399 e. The summed E-state index contributed by atoms with van der Waals surface area (Å²) in [4.78, 5) is 13.4. The molecule has 2 aromatic rings. The standard InChI is InChI=1S/C18H19ClF4N6O/c1-9(11-6-10(20)2-3-12(11)18(21,22)23)29(25)14-4-5-28(8-13(14)24)15-7-26-27-17(30)16(15)19/h2-3,6-7,9H,4-5,8,24-25H2,1H3,(H,27,30). The molecule has 1 aliphatic rings. The number of hydrazine groups is 1. The van der Waals surface area contributed by atoms with Crippen molar-refractivity contribution in [1.82, 2.24) is 15.2 Å². The summed E-state index contributed by atoms with van der Waals surface area (Å²) < 4.78 is 53.8. The Kier molecular flexibility index (Phi) is 5.95. The summed E-state index contributed by atoms with van der Waals surface area (Å²) >= 11 is 6.02. The second-order valence-corrected chi connectivity index (χ2v) is 7.23. The van der Waals surface area contributed by atoms with Gasteiger partial charge >= 0.3 is 6.18 Å². The molecule has 0 bridgehead atoms. The maximum Gasteiger partial charge on any atom is 0.416 e. The zero-order valence-corrected chi connectivity index (χ0v) is 16.6. The minimum Gasteiger partial charge on any atom is -0.399 e. The number of benzene rings is 1. The molecule has 0 saturated carbocycles. The number of halogens is 5. The Morgan fingerprint density at radius 2 is 2.07 bits per heavy atom. The Morgan fingerprint density at radius 1 is 1.37 bits per heavy atom. The number of anilines is 1. The number of nitrogens with two attached hydrogens (primary N) is 2. The molecule has 0 saturated heterocycles. The molecule has 0 amide bonds. The van der Waals surface area contributed by atoms with Gasteiger partial charge in [-0.1, -0.05) is 11.6 Å². The van der Waals surface area contributed by atoms with E-state index in [2.05, 4.69) is 10.2 Å². The van der Waals surface area contributed by atoms with E-state index in [9.17, 15) is 22.4 Å². The van der Waals surface area contributed by atoms with Gasteiger partial charge in [-0.15, -0.1) is 0 Å². The van der Waals surface area contributed by atoms with E-state index in [1.54, 1.807) is 4.90 Å². The monoisotopic (exact) mass is 446 g/mol. The summed E-state index contributed by atoms with van der Waals surface area (Å²) in [5.74, 6) is 5.31. The topological polar surface area (TPSA) is 104 Å². The third kappa shape index (κ3) is 4.21. The van der Waals surface area contributed by atoms with Crippen LogP contribution in [0.3, 0.4) is 0 Å². The molecule has 12 heteroatoms. The lowest BCUT2D eigenvalue weighted by atomic mass is 9.99. The van der Waals surface area contributed by atoms with Crippen LogP contribution in [0.25, 0.3) is 0 Å². The van der Waals surface area contributed by atoms with Gasteiger partial charge in [-0.25, -0.2) is 15.3 Å². The molecule has 0 fully saturated rings. The van der Waals surface area contributed by atoms with Gasteiger partial charge in [0.05, 0.1) is 35.7 Å². The molecule has 1 atom stereocenters. The van der Waals surface area contributed by atoms with E-state index >= 15 is 0 Å². The summed E-state index contributed by atoms with van der Waals surface area (Å²) in [6.07, 6.45) is -3.01. The molecule has 5 N–H and O–H groups in total. The number of nitrogens with zero attached hydrogens (tertiary/aromatic N) is 3. The third-order valence-electron chi connectivity index (χ3n) is 4.97. The van der Waals surface area contributed by atoms with Crippen LogP contribution < -0.4 is 22.0 Å².